The SMILES string of the molecule is Cc1cc(COc2nn3c(-c4cc(C)on4)nnc3c3ccccc23)no1. The molecule has 1 aromatic carbocycles. The first-order valence-corrected chi connectivity index (χ1v) is 8.32. The fraction of sp³-hybridized carbons (Fsp3) is 0.167. The van der Waals surface area contributed by atoms with Gasteiger partial charge < -0.3 is 13.8 Å². The van der Waals surface area contributed by atoms with Gasteiger partial charge in [-0.3, -0.25) is 0 Å². The van der Waals surface area contributed by atoms with Crippen LogP contribution in [0.1, 0.15) is 17.2 Å². The zero-order chi connectivity index (χ0) is 18.4. The van der Waals surface area contributed by atoms with E-state index in [1.54, 1.807) is 10.6 Å². The molecule has 134 valence electrons. The van der Waals surface area contributed by atoms with E-state index in [1.165, 1.54) is 0 Å². The van der Waals surface area contributed by atoms with Crippen LogP contribution in [0, 0.1) is 13.8 Å². The molecule has 0 aliphatic carbocycles. The molecule has 0 amide bonds. The van der Waals surface area contributed by atoms with Crippen molar-refractivity contribution in [2.45, 2.75) is 20.5 Å². The second kappa shape index (κ2) is 5.90. The van der Waals surface area contributed by atoms with Crippen LogP contribution in [-0.2, 0) is 6.61 Å². The third-order valence-electron chi connectivity index (χ3n) is 4.12. The monoisotopic (exact) mass is 362 g/mol. The van der Waals surface area contributed by atoms with Crippen LogP contribution in [0.3, 0.4) is 0 Å². The Kier molecular flexibility index (Phi) is 3.39. The molecule has 0 saturated heterocycles. The third kappa shape index (κ3) is 2.60. The van der Waals surface area contributed by atoms with Gasteiger partial charge in [-0.1, -0.05) is 28.5 Å². The smallest absolute Gasteiger partial charge is 0.240 e. The number of hydrogen-bond donors (Lipinski definition) is 0. The predicted molar refractivity (Wildman–Crippen MR) is 94.1 cm³/mol. The van der Waals surface area contributed by atoms with Gasteiger partial charge in [-0.05, 0) is 19.9 Å². The number of aryl methyl sites for hydroxylation is 2. The molecule has 0 spiro atoms. The van der Waals surface area contributed by atoms with Gasteiger partial charge >= 0.3 is 0 Å². The first kappa shape index (κ1) is 15.5. The van der Waals surface area contributed by atoms with Crippen LogP contribution in [0.5, 0.6) is 5.88 Å². The van der Waals surface area contributed by atoms with E-state index in [0.717, 1.165) is 16.5 Å². The van der Waals surface area contributed by atoms with Crippen LogP contribution in [-0.4, -0.2) is 30.1 Å². The molecule has 0 N–H and O–H groups in total. The number of aromatic nitrogens is 6. The Morgan fingerprint density at radius 3 is 2.48 bits per heavy atom. The van der Waals surface area contributed by atoms with Crippen molar-refractivity contribution in [3.05, 3.63) is 53.6 Å². The third-order valence-corrected chi connectivity index (χ3v) is 4.12. The zero-order valence-corrected chi connectivity index (χ0v) is 14.6. The predicted octanol–water partition coefficient (Wildman–Crippen LogP) is 3.12. The highest BCUT2D eigenvalue weighted by Crippen LogP contribution is 2.29. The molecule has 5 rings (SSSR count). The molecular weight excluding hydrogens is 348 g/mol. The highest BCUT2D eigenvalue weighted by molar-refractivity contribution is 5.96. The van der Waals surface area contributed by atoms with E-state index < -0.39 is 0 Å². The molecule has 0 radical (unpaired) electrons. The number of hydrogen-bond acceptors (Lipinski definition) is 8. The summed E-state index contributed by atoms with van der Waals surface area (Å²) < 4.78 is 17.8. The summed E-state index contributed by atoms with van der Waals surface area (Å²) in [7, 11) is 0. The maximum atomic E-state index is 5.94. The van der Waals surface area contributed by atoms with Gasteiger partial charge in [-0.2, -0.15) is 4.52 Å². The van der Waals surface area contributed by atoms with Gasteiger partial charge in [0.15, 0.2) is 11.3 Å². The van der Waals surface area contributed by atoms with Crippen molar-refractivity contribution in [3.8, 4) is 17.4 Å². The number of benzene rings is 1. The fourth-order valence-corrected chi connectivity index (χ4v) is 2.92. The van der Waals surface area contributed by atoms with Crippen molar-refractivity contribution in [2.24, 2.45) is 0 Å². The van der Waals surface area contributed by atoms with Crippen LogP contribution in [0.25, 0.3) is 27.9 Å². The Labute approximate surface area is 152 Å². The quantitative estimate of drug-likeness (QED) is 0.480. The second-order valence-corrected chi connectivity index (χ2v) is 6.15. The maximum Gasteiger partial charge on any atom is 0.240 e. The van der Waals surface area contributed by atoms with E-state index in [-0.39, 0.29) is 6.61 Å². The average molecular weight is 362 g/mol. The Morgan fingerprint density at radius 1 is 0.963 bits per heavy atom. The van der Waals surface area contributed by atoms with E-state index in [9.17, 15) is 0 Å². The van der Waals surface area contributed by atoms with Crippen LogP contribution in [0.15, 0.2) is 45.4 Å². The zero-order valence-electron chi connectivity index (χ0n) is 14.6. The first-order chi connectivity index (χ1) is 13.2. The number of nitrogens with zero attached hydrogens (tertiary/aromatic N) is 6. The Balaban J connectivity index is 1.66. The van der Waals surface area contributed by atoms with Gasteiger partial charge in [-0.25, -0.2) is 0 Å². The second-order valence-electron chi connectivity index (χ2n) is 6.15. The Morgan fingerprint density at radius 2 is 1.74 bits per heavy atom. The lowest BCUT2D eigenvalue weighted by atomic mass is 10.2. The van der Waals surface area contributed by atoms with E-state index in [4.69, 9.17) is 13.8 Å². The molecule has 5 aromatic rings. The van der Waals surface area contributed by atoms with Crippen molar-refractivity contribution >= 4 is 16.4 Å². The Hall–Kier alpha value is -3.75. The van der Waals surface area contributed by atoms with Gasteiger partial charge in [0, 0.05) is 22.9 Å². The summed E-state index contributed by atoms with van der Waals surface area (Å²) in [6.07, 6.45) is 0. The van der Waals surface area contributed by atoms with E-state index in [2.05, 4.69) is 25.6 Å². The number of ether oxygens (including phenoxy) is 1. The maximum absolute atomic E-state index is 5.94. The molecule has 9 heteroatoms. The molecule has 4 aromatic heterocycles. The number of fused-ring (bicyclic) bond motifs is 3. The highest BCUT2D eigenvalue weighted by atomic mass is 16.5. The van der Waals surface area contributed by atoms with Crippen LogP contribution < -0.4 is 4.74 Å². The molecule has 0 saturated carbocycles. The standard InChI is InChI=1S/C18H14N6O3/c1-10-7-12(22-26-10)9-25-18-14-6-4-3-5-13(14)16-19-20-17(24(16)21-18)15-8-11(2)27-23-15/h3-8H,9H2,1-2H3. The van der Waals surface area contributed by atoms with Crippen molar-refractivity contribution in [1.29, 1.82) is 0 Å². The first-order valence-electron chi connectivity index (χ1n) is 8.32. The summed E-state index contributed by atoms with van der Waals surface area (Å²) in [6.45, 7) is 3.89. The van der Waals surface area contributed by atoms with Gasteiger partial charge in [-0.15, -0.1) is 15.3 Å². The molecule has 0 unspecified atom stereocenters. The lowest BCUT2D eigenvalue weighted by Gasteiger charge is -2.08. The normalized spacial score (nSPS) is 11.5. The molecular formula is C18H14N6O3. The van der Waals surface area contributed by atoms with Crippen molar-refractivity contribution in [2.75, 3.05) is 0 Å². The fourth-order valence-electron chi connectivity index (χ4n) is 2.92. The lowest BCUT2D eigenvalue weighted by Crippen LogP contribution is -2.03. The molecule has 0 fully saturated rings. The largest absolute Gasteiger partial charge is 0.470 e. The van der Waals surface area contributed by atoms with Gasteiger partial charge in [0.2, 0.25) is 11.7 Å². The highest BCUT2D eigenvalue weighted by Gasteiger charge is 2.18. The van der Waals surface area contributed by atoms with Crippen LogP contribution in [0.4, 0.5) is 0 Å². The average Bonchev–Trinajstić information content (AvgIpc) is 3.39. The van der Waals surface area contributed by atoms with E-state index >= 15 is 0 Å². The summed E-state index contributed by atoms with van der Waals surface area (Å²) >= 11 is 0. The summed E-state index contributed by atoms with van der Waals surface area (Å²) in [5, 5.41) is 22.8. The van der Waals surface area contributed by atoms with E-state index in [0.29, 0.717) is 34.5 Å². The molecule has 0 aliphatic rings. The summed E-state index contributed by atoms with van der Waals surface area (Å²) in [5.74, 6) is 2.33. The van der Waals surface area contributed by atoms with Crippen molar-refractivity contribution in [1.82, 2.24) is 30.1 Å². The molecule has 27 heavy (non-hydrogen) atoms. The lowest BCUT2D eigenvalue weighted by molar-refractivity contribution is 0.277. The van der Waals surface area contributed by atoms with E-state index in [1.807, 2.05) is 44.2 Å². The minimum Gasteiger partial charge on any atom is -0.470 e. The number of rotatable bonds is 4. The summed E-state index contributed by atoms with van der Waals surface area (Å²) in [4.78, 5) is 0. The van der Waals surface area contributed by atoms with Gasteiger partial charge in [0.1, 0.15) is 23.8 Å². The molecule has 0 aliphatic heterocycles. The minimum absolute atomic E-state index is 0.236. The molecule has 0 atom stereocenters. The van der Waals surface area contributed by atoms with Crippen LogP contribution in [0.2, 0.25) is 0 Å². The van der Waals surface area contributed by atoms with Crippen molar-refractivity contribution in [3.63, 3.8) is 0 Å². The topological polar surface area (TPSA) is 104 Å². The Bertz CT molecular complexity index is 1270. The van der Waals surface area contributed by atoms with Gasteiger partial charge in [0.25, 0.3) is 0 Å². The summed E-state index contributed by atoms with van der Waals surface area (Å²) in [6, 6.07) is 11.3. The molecule has 4 heterocycles. The minimum atomic E-state index is 0.236. The van der Waals surface area contributed by atoms with Gasteiger partial charge in [0.05, 0.1) is 0 Å². The molecule has 9 nitrogen and oxygen atoms in total. The van der Waals surface area contributed by atoms with Crippen molar-refractivity contribution < 1.29 is 13.8 Å². The molecule has 0 bridgehead atoms. The summed E-state index contributed by atoms with van der Waals surface area (Å²) in [5.41, 5.74) is 1.86. The van der Waals surface area contributed by atoms with Crippen LogP contribution >= 0.6 is 0 Å².